The summed E-state index contributed by atoms with van der Waals surface area (Å²) in [5, 5.41) is 18.3. The van der Waals surface area contributed by atoms with Crippen LogP contribution in [-0.2, 0) is 12.8 Å². The Morgan fingerprint density at radius 1 is 1.14 bits per heavy atom. The van der Waals surface area contributed by atoms with Crippen LogP contribution in [0.25, 0.3) is 0 Å². The Bertz CT molecular complexity index is 536. The topological polar surface area (TPSA) is 52.8 Å². The Morgan fingerprint density at radius 3 is 2.29 bits per heavy atom. The SMILES string of the molecule is CCc1nnc(N2CCC(C)(CC)CC2)c(C#N)c1CC. The number of rotatable bonds is 4. The van der Waals surface area contributed by atoms with Crippen molar-refractivity contribution in [1.29, 1.82) is 5.26 Å². The first-order valence-corrected chi connectivity index (χ1v) is 8.12. The van der Waals surface area contributed by atoms with Crippen LogP contribution in [0.1, 0.15) is 63.8 Å². The number of anilines is 1. The molecule has 0 amide bonds. The summed E-state index contributed by atoms with van der Waals surface area (Å²) < 4.78 is 0. The summed E-state index contributed by atoms with van der Waals surface area (Å²) in [7, 11) is 0. The Morgan fingerprint density at radius 2 is 1.81 bits per heavy atom. The van der Waals surface area contributed by atoms with Crippen LogP contribution in [0.5, 0.6) is 0 Å². The van der Waals surface area contributed by atoms with Crippen molar-refractivity contribution in [2.24, 2.45) is 5.41 Å². The van der Waals surface area contributed by atoms with E-state index >= 15 is 0 Å². The molecule has 0 bridgehead atoms. The van der Waals surface area contributed by atoms with Gasteiger partial charge in [-0.15, -0.1) is 5.10 Å². The summed E-state index contributed by atoms with van der Waals surface area (Å²) in [4.78, 5) is 2.25. The van der Waals surface area contributed by atoms with Crippen molar-refractivity contribution in [3.8, 4) is 6.07 Å². The van der Waals surface area contributed by atoms with Crippen LogP contribution in [0.3, 0.4) is 0 Å². The zero-order valence-electron chi connectivity index (χ0n) is 13.7. The molecule has 0 radical (unpaired) electrons. The van der Waals surface area contributed by atoms with Crippen molar-refractivity contribution in [2.45, 2.75) is 59.8 Å². The minimum atomic E-state index is 0.438. The molecule has 0 saturated carbocycles. The van der Waals surface area contributed by atoms with E-state index in [1.807, 2.05) is 0 Å². The van der Waals surface area contributed by atoms with Gasteiger partial charge in [0.15, 0.2) is 5.82 Å². The molecule has 1 saturated heterocycles. The van der Waals surface area contributed by atoms with Gasteiger partial charge in [0.1, 0.15) is 11.6 Å². The van der Waals surface area contributed by atoms with Gasteiger partial charge in [0.25, 0.3) is 0 Å². The summed E-state index contributed by atoms with van der Waals surface area (Å²) in [6.07, 6.45) is 5.21. The van der Waals surface area contributed by atoms with Crippen LogP contribution in [0.2, 0.25) is 0 Å². The molecule has 1 aromatic heterocycles. The maximum atomic E-state index is 9.59. The predicted molar refractivity (Wildman–Crippen MR) is 85.3 cm³/mol. The van der Waals surface area contributed by atoms with Crippen molar-refractivity contribution >= 4 is 5.82 Å². The van der Waals surface area contributed by atoms with Gasteiger partial charge in [0.05, 0.1) is 5.69 Å². The fourth-order valence-corrected chi connectivity index (χ4v) is 3.11. The number of hydrogen-bond donors (Lipinski definition) is 0. The van der Waals surface area contributed by atoms with E-state index in [4.69, 9.17) is 0 Å². The fourth-order valence-electron chi connectivity index (χ4n) is 3.11. The molecule has 0 atom stereocenters. The highest BCUT2D eigenvalue weighted by Crippen LogP contribution is 2.36. The molecule has 1 aromatic rings. The highest BCUT2D eigenvalue weighted by Gasteiger charge is 2.30. The first kappa shape index (κ1) is 15.8. The third kappa shape index (κ3) is 3.02. The summed E-state index contributed by atoms with van der Waals surface area (Å²) in [5.74, 6) is 0.796. The van der Waals surface area contributed by atoms with E-state index in [1.54, 1.807) is 0 Å². The standard InChI is InChI=1S/C17H26N4/c1-5-13-14(12-18)16(20-19-15(13)6-2)21-10-8-17(4,7-3)9-11-21/h5-11H2,1-4H3. The van der Waals surface area contributed by atoms with Gasteiger partial charge in [-0.1, -0.05) is 34.1 Å². The van der Waals surface area contributed by atoms with Crippen molar-refractivity contribution in [3.63, 3.8) is 0 Å². The summed E-state index contributed by atoms with van der Waals surface area (Å²) in [6, 6.07) is 2.38. The monoisotopic (exact) mass is 286 g/mol. The molecule has 114 valence electrons. The lowest BCUT2D eigenvalue weighted by Crippen LogP contribution is -2.39. The third-order valence-corrected chi connectivity index (χ3v) is 5.06. The van der Waals surface area contributed by atoms with E-state index < -0.39 is 0 Å². The highest BCUT2D eigenvalue weighted by atomic mass is 15.3. The molecule has 0 spiro atoms. The molecule has 4 nitrogen and oxygen atoms in total. The second kappa shape index (κ2) is 6.43. The van der Waals surface area contributed by atoms with Crippen LogP contribution in [-0.4, -0.2) is 23.3 Å². The minimum Gasteiger partial charge on any atom is -0.354 e. The summed E-state index contributed by atoms with van der Waals surface area (Å²) >= 11 is 0. The number of piperidine rings is 1. The van der Waals surface area contributed by atoms with Gasteiger partial charge in [-0.3, -0.25) is 0 Å². The Balaban J connectivity index is 2.31. The lowest BCUT2D eigenvalue weighted by atomic mass is 9.78. The first-order valence-electron chi connectivity index (χ1n) is 8.12. The molecule has 2 heterocycles. The van der Waals surface area contributed by atoms with Crippen molar-refractivity contribution < 1.29 is 0 Å². The molecule has 0 aromatic carbocycles. The van der Waals surface area contributed by atoms with Gasteiger partial charge in [0, 0.05) is 13.1 Å². The number of hydrogen-bond acceptors (Lipinski definition) is 4. The minimum absolute atomic E-state index is 0.438. The Labute approximate surface area is 128 Å². The quantitative estimate of drug-likeness (QED) is 0.850. The number of aromatic nitrogens is 2. The van der Waals surface area contributed by atoms with Crippen molar-refractivity contribution in [2.75, 3.05) is 18.0 Å². The fraction of sp³-hybridized carbons (Fsp3) is 0.706. The smallest absolute Gasteiger partial charge is 0.169 e. The van der Waals surface area contributed by atoms with Gasteiger partial charge >= 0.3 is 0 Å². The lowest BCUT2D eigenvalue weighted by molar-refractivity contribution is 0.237. The number of aryl methyl sites for hydroxylation is 1. The summed E-state index contributed by atoms with van der Waals surface area (Å²) in [6.45, 7) is 10.7. The van der Waals surface area contributed by atoms with Gasteiger partial charge < -0.3 is 4.90 Å². The Kier molecular flexibility index (Phi) is 4.82. The van der Waals surface area contributed by atoms with Gasteiger partial charge in [-0.25, -0.2) is 0 Å². The zero-order valence-corrected chi connectivity index (χ0v) is 13.7. The molecule has 1 aliphatic rings. The molecule has 0 unspecified atom stereocenters. The summed E-state index contributed by atoms with van der Waals surface area (Å²) in [5.41, 5.74) is 3.22. The average Bonchev–Trinajstić information content (AvgIpc) is 2.54. The molecular weight excluding hydrogens is 260 g/mol. The van der Waals surface area contributed by atoms with E-state index in [2.05, 4.69) is 48.9 Å². The largest absolute Gasteiger partial charge is 0.354 e. The molecule has 21 heavy (non-hydrogen) atoms. The van der Waals surface area contributed by atoms with E-state index in [0.29, 0.717) is 5.41 Å². The molecule has 0 aliphatic carbocycles. The van der Waals surface area contributed by atoms with Gasteiger partial charge in [0.2, 0.25) is 0 Å². The molecular formula is C17H26N4. The molecule has 1 fully saturated rings. The predicted octanol–water partition coefficient (Wildman–Crippen LogP) is 3.49. The second-order valence-corrected chi connectivity index (χ2v) is 6.29. The maximum absolute atomic E-state index is 9.59. The van der Waals surface area contributed by atoms with Gasteiger partial charge in [-0.05, 0) is 36.7 Å². The molecule has 4 heteroatoms. The van der Waals surface area contributed by atoms with E-state index in [1.165, 1.54) is 6.42 Å². The zero-order chi connectivity index (χ0) is 15.5. The van der Waals surface area contributed by atoms with Crippen LogP contribution < -0.4 is 4.90 Å². The normalized spacial score (nSPS) is 17.6. The van der Waals surface area contributed by atoms with Crippen LogP contribution >= 0.6 is 0 Å². The molecule has 2 rings (SSSR count). The van der Waals surface area contributed by atoms with Crippen LogP contribution in [0, 0.1) is 16.7 Å². The number of nitriles is 1. The van der Waals surface area contributed by atoms with Crippen LogP contribution in [0.4, 0.5) is 5.82 Å². The van der Waals surface area contributed by atoms with Crippen molar-refractivity contribution in [1.82, 2.24) is 10.2 Å². The maximum Gasteiger partial charge on any atom is 0.169 e. The molecule has 0 N–H and O–H groups in total. The van der Waals surface area contributed by atoms with E-state index in [0.717, 1.165) is 61.4 Å². The number of nitrogens with zero attached hydrogens (tertiary/aromatic N) is 4. The van der Waals surface area contributed by atoms with E-state index in [-0.39, 0.29) is 0 Å². The second-order valence-electron chi connectivity index (χ2n) is 6.29. The first-order chi connectivity index (χ1) is 10.1. The Hall–Kier alpha value is -1.63. The van der Waals surface area contributed by atoms with Crippen molar-refractivity contribution in [3.05, 3.63) is 16.8 Å². The van der Waals surface area contributed by atoms with E-state index in [9.17, 15) is 5.26 Å². The molecule has 1 aliphatic heterocycles. The average molecular weight is 286 g/mol. The van der Waals surface area contributed by atoms with Gasteiger partial charge in [-0.2, -0.15) is 10.4 Å². The lowest BCUT2D eigenvalue weighted by Gasteiger charge is -2.39. The highest BCUT2D eigenvalue weighted by molar-refractivity contribution is 5.58. The van der Waals surface area contributed by atoms with Crippen LogP contribution in [0.15, 0.2) is 0 Å². The third-order valence-electron chi connectivity index (χ3n) is 5.06.